The number of methoxy groups -OCH3 is 1. The van der Waals surface area contributed by atoms with Crippen molar-refractivity contribution in [1.29, 1.82) is 0 Å². The Hall–Kier alpha value is -1.88. The van der Waals surface area contributed by atoms with Crippen LogP contribution in [-0.4, -0.2) is 35.3 Å². The topological polar surface area (TPSA) is 53.3 Å². The average molecular weight is 260 g/mol. The van der Waals surface area contributed by atoms with Crippen molar-refractivity contribution >= 4 is 17.0 Å². The molecule has 1 unspecified atom stereocenters. The quantitative estimate of drug-likeness (QED) is 0.791. The zero-order valence-corrected chi connectivity index (χ0v) is 11.0. The summed E-state index contributed by atoms with van der Waals surface area (Å²) in [6.45, 7) is 3.59. The van der Waals surface area contributed by atoms with Crippen LogP contribution in [0.5, 0.6) is 0 Å². The first-order valence-electron chi connectivity index (χ1n) is 6.36. The van der Waals surface area contributed by atoms with Gasteiger partial charge in [0.05, 0.1) is 36.4 Å². The molecular formula is C14H16N2O3. The summed E-state index contributed by atoms with van der Waals surface area (Å²) in [5.41, 5.74) is 2.39. The molecule has 2 aromatic rings. The molecule has 0 spiro atoms. The first-order chi connectivity index (χ1) is 9.19. The fraction of sp³-hybridized carbons (Fsp3) is 0.429. The molecule has 0 N–H and O–H groups in total. The van der Waals surface area contributed by atoms with Gasteiger partial charge < -0.3 is 14.0 Å². The van der Waals surface area contributed by atoms with Crippen LogP contribution in [-0.2, 0) is 16.0 Å². The van der Waals surface area contributed by atoms with Crippen molar-refractivity contribution in [3.05, 3.63) is 29.6 Å². The number of ether oxygens (including phenoxy) is 2. The lowest BCUT2D eigenvalue weighted by Crippen LogP contribution is -2.31. The largest absolute Gasteiger partial charge is 0.465 e. The minimum absolute atomic E-state index is 0.262. The maximum atomic E-state index is 11.6. The minimum atomic E-state index is -0.327. The van der Waals surface area contributed by atoms with E-state index in [0.29, 0.717) is 5.56 Å². The molecule has 5 heteroatoms. The lowest BCUT2D eigenvalue weighted by atomic mass is 10.1. The Morgan fingerprint density at radius 2 is 2.37 bits per heavy atom. The fourth-order valence-electron chi connectivity index (χ4n) is 2.35. The zero-order chi connectivity index (χ0) is 13.4. The van der Waals surface area contributed by atoms with E-state index >= 15 is 0 Å². The summed E-state index contributed by atoms with van der Waals surface area (Å²) in [5, 5.41) is 0. The molecule has 1 aromatic heterocycles. The molecule has 2 heterocycles. The highest BCUT2D eigenvalue weighted by molar-refractivity contribution is 5.93. The third-order valence-corrected chi connectivity index (χ3v) is 3.54. The van der Waals surface area contributed by atoms with Crippen LogP contribution >= 0.6 is 0 Å². The molecule has 1 aliphatic rings. The number of carbonyl (C=O) groups is 1. The maximum Gasteiger partial charge on any atom is 0.337 e. The number of nitrogens with zero attached hydrogens (tertiary/aromatic N) is 2. The first kappa shape index (κ1) is 12.2. The van der Waals surface area contributed by atoms with E-state index in [4.69, 9.17) is 9.47 Å². The molecule has 5 nitrogen and oxygen atoms in total. The summed E-state index contributed by atoms with van der Waals surface area (Å²) >= 11 is 0. The summed E-state index contributed by atoms with van der Waals surface area (Å²) in [5.74, 6) is 0.611. The van der Waals surface area contributed by atoms with E-state index in [1.54, 1.807) is 6.07 Å². The molecule has 1 saturated heterocycles. The number of esters is 1. The lowest BCUT2D eigenvalue weighted by molar-refractivity contribution is -0.0589. The molecule has 0 amide bonds. The molecule has 0 saturated carbocycles. The van der Waals surface area contributed by atoms with Gasteiger partial charge in [-0.15, -0.1) is 0 Å². The van der Waals surface area contributed by atoms with E-state index < -0.39 is 0 Å². The first-order valence-corrected chi connectivity index (χ1v) is 6.36. The smallest absolute Gasteiger partial charge is 0.337 e. The van der Waals surface area contributed by atoms with Gasteiger partial charge in [-0.05, 0) is 31.5 Å². The number of fused-ring (bicyclic) bond motifs is 1. The third kappa shape index (κ3) is 2.10. The molecule has 3 rings (SSSR count). The van der Waals surface area contributed by atoms with Gasteiger partial charge in [-0.1, -0.05) is 0 Å². The van der Waals surface area contributed by atoms with Gasteiger partial charge in [-0.2, -0.15) is 0 Å². The number of imidazole rings is 1. The van der Waals surface area contributed by atoms with Crippen molar-refractivity contribution < 1.29 is 14.3 Å². The molecular weight excluding hydrogens is 244 g/mol. The molecule has 1 atom stereocenters. The molecule has 0 bridgehead atoms. The predicted octanol–water partition coefficient (Wildman–Crippen LogP) is 1.92. The van der Waals surface area contributed by atoms with Crippen LogP contribution in [0.3, 0.4) is 0 Å². The van der Waals surface area contributed by atoms with Crippen LogP contribution in [0.25, 0.3) is 11.0 Å². The van der Waals surface area contributed by atoms with Crippen molar-refractivity contribution in [2.75, 3.05) is 13.7 Å². The monoisotopic (exact) mass is 260 g/mol. The Balaban J connectivity index is 2.03. The normalized spacial score (nSPS) is 18.3. The number of hydrogen-bond donors (Lipinski definition) is 0. The summed E-state index contributed by atoms with van der Waals surface area (Å²) < 4.78 is 12.3. The van der Waals surface area contributed by atoms with E-state index in [1.807, 2.05) is 19.1 Å². The summed E-state index contributed by atoms with van der Waals surface area (Å²) in [6, 6.07) is 5.43. The fourth-order valence-corrected chi connectivity index (χ4v) is 2.35. The van der Waals surface area contributed by atoms with Crippen LogP contribution in [0.4, 0.5) is 0 Å². The second kappa shape index (κ2) is 4.66. The van der Waals surface area contributed by atoms with Gasteiger partial charge in [0.2, 0.25) is 0 Å². The second-order valence-electron chi connectivity index (χ2n) is 4.75. The third-order valence-electron chi connectivity index (χ3n) is 3.54. The number of carbonyl (C=O) groups excluding carboxylic acids is 1. The van der Waals surface area contributed by atoms with Crippen molar-refractivity contribution in [3.8, 4) is 0 Å². The Bertz CT molecular complexity index is 629. The molecule has 0 radical (unpaired) electrons. The van der Waals surface area contributed by atoms with Crippen LogP contribution in [0, 0.1) is 6.92 Å². The van der Waals surface area contributed by atoms with Crippen LogP contribution in [0.2, 0.25) is 0 Å². The van der Waals surface area contributed by atoms with Gasteiger partial charge in [0.25, 0.3) is 0 Å². The molecule has 19 heavy (non-hydrogen) atoms. The number of aromatic nitrogens is 2. The lowest BCUT2D eigenvalue weighted by Gasteiger charge is -2.27. The Morgan fingerprint density at radius 1 is 1.58 bits per heavy atom. The van der Waals surface area contributed by atoms with Crippen molar-refractivity contribution in [3.63, 3.8) is 0 Å². The SMILES string of the molecule is COC(=O)c1ccc2nc(C)n(CC3CCO3)c2c1. The molecule has 1 fully saturated rings. The Morgan fingerprint density at radius 3 is 3.00 bits per heavy atom. The second-order valence-corrected chi connectivity index (χ2v) is 4.75. The van der Waals surface area contributed by atoms with Crippen LogP contribution < -0.4 is 0 Å². The Labute approximate surface area is 111 Å². The van der Waals surface area contributed by atoms with Gasteiger partial charge >= 0.3 is 5.97 Å². The Kier molecular flexibility index (Phi) is 2.98. The van der Waals surface area contributed by atoms with Crippen LogP contribution in [0.1, 0.15) is 22.6 Å². The summed E-state index contributed by atoms with van der Waals surface area (Å²) in [4.78, 5) is 16.1. The van der Waals surface area contributed by atoms with Gasteiger partial charge in [-0.3, -0.25) is 0 Å². The number of aryl methyl sites for hydroxylation is 1. The molecule has 100 valence electrons. The van der Waals surface area contributed by atoms with Crippen molar-refractivity contribution in [2.24, 2.45) is 0 Å². The zero-order valence-electron chi connectivity index (χ0n) is 11.0. The molecule has 1 aliphatic heterocycles. The van der Waals surface area contributed by atoms with Gasteiger partial charge in [-0.25, -0.2) is 9.78 Å². The highest BCUT2D eigenvalue weighted by Gasteiger charge is 2.21. The average Bonchev–Trinajstić information content (AvgIpc) is 2.67. The van der Waals surface area contributed by atoms with E-state index in [2.05, 4.69) is 9.55 Å². The predicted molar refractivity (Wildman–Crippen MR) is 70.2 cm³/mol. The highest BCUT2D eigenvalue weighted by Crippen LogP contribution is 2.22. The highest BCUT2D eigenvalue weighted by atomic mass is 16.5. The molecule has 1 aromatic carbocycles. The van der Waals surface area contributed by atoms with Crippen molar-refractivity contribution in [1.82, 2.24) is 9.55 Å². The van der Waals surface area contributed by atoms with Crippen molar-refractivity contribution in [2.45, 2.75) is 26.0 Å². The molecule has 0 aliphatic carbocycles. The standard InChI is InChI=1S/C14H16N2O3/c1-9-15-12-4-3-10(14(17)18-2)7-13(12)16(9)8-11-5-6-19-11/h3-4,7,11H,5-6,8H2,1-2H3. The van der Waals surface area contributed by atoms with E-state index in [-0.39, 0.29) is 12.1 Å². The van der Waals surface area contributed by atoms with Gasteiger partial charge in [0.15, 0.2) is 0 Å². The maximum absolute atomic E-state index is 11.6. The summed E-state index contributed by atoms with van der Waals surface area (Å²) in [7, 11) is 1.39. The minimum Gasteiger partial charge on any atom is -0.465 e. The van der Waals surface area contributed by atoms with Gasteiger partial charge in [0.1, 0.15) is 5.82 Å². The van der Waals surface area contributed by atoms with E-state index in [1.165, 1.54) is 7.11 Å². The van der Waals surface area contributed by atoms with E-state index in [9.17, 15) is 4.79 Å². The number of rotatable bonds is 3. The number of hydrogen-bond acceptors (Lipinski definition) is 4. The van der Waals surface area contributed by atoms with E-state index in [0.717, 1.165) is 36.4 Å². The van der Waals surface area contributed by atoms with Gasteiger partial charge in [0, 0.05) is 6.61 Å². The summed E-state index contributed by atoms with van der Waals surface area (Å²) in [6.07, 6.45) is 1.34. The van der Waals surface area contributed by atoms with Crippen LogP contribution in [0.15, 0.2) is 18.2 Å². The number of benzene rings is 1.